The second-order valence-electron chi connectivity index (χ2n) is 5.82. The summed E-state index contributed by atoms with van der Waals surface area (Å²) in [6.07, 6.45) is 2.62. The number of rotatable bonds is 6. The largest absolute Gasteiger partial charge is 0.467 e. The zero-order valence-corrected chi connectivity index (χ0v) is 15.1. The van der Waals surface area contributed by atoms with Crippen LogP contribution in [0.2, 0.25) is 0 Å². The van der Waals surface area contributed by atoms with Crippen LogP contribution in [-0.4, -0.2) is 26.6 Å². The molecule has 24 heavy (non-hydrogen) atoms. The Bertz CT molecular complexity index is 813. The number of nitrogens with one attached hydrogen (secondary N) is 1. The lowest BCUT2D eigenvalue weighted by molar-refractivity contribution is -0.122. The van der Waals surface area contributed by atoms with Gasteiger partial charge >= 0.3 is 0 Å². The topological polar surface area (TPSA) is 79.6 Å². The molecule has 0 bridgehead atoms. The smallest absolute Gasteiger partial charge is 0.243 e. The van der Waals surface area contributed by atoms with Gasteiger partial charge in [0.1, 0.15) is 11.8 Å². The summed E-state index contributed by atoms with van der Waals surface area (Å²) in [5.41, 5.74) is 2.22. The highest BCUT2D eigenvalue weighted by molar-refractivity contribution is 7.92. The van der Waals surface area contributed by atoms with Crippen LogP contribution >= 0.6 is 0 Å². The van der Waals surface area contributed by atoms with Crippen LogP contribution in [0.3, 0.4) is 0 Å². The monoisotopic (exact) mass is 350 g/mol. The second kappa shape index (κ2) is 7.09. The Labute approximate surface area is 142 Å². The van der Waals surface area contributed by atoms with Crippen molar-refractivity contribution in [1.82, 2.24) is 5.32 Å². The SMILES string of the molecule is Cc1ccc(C)c(N(C(C)C(=O)NCc2ccco2)S(C)(=O)=O)c1. The molecular weight excluding hydrogens is 328 g/mol. The molecular formula is C17H22N2O4S. The quantitative estimate of drug-likeness (QED) is 0.867. The van der Waals surface area contributed by atoms with Crippen molar-refractivity contribution in [3.63, 3.8) is 0 Å². The van der Waals surface area contributed by atoms with Crippen LogP contribution in [0.1, 0.15) is 23.8 Å². The maximum atomic E-state index is 12.4. The third-order valence-electron chi connectivity index (χ3n) is 3.71. The van der Waals surface area contributed by atoms with E-state index in [0.717, 1.165) is 21.7 Å². The van der Waals surface area contributed by atoms with Crippen molar-refractivity contribution in [2.75, 3.05) is 10.6 Å². The highest BCUT2D eigenvalue weighted by Crippen LogP contribution is 2.26. The van der Waals surface area contributed by atoms with E-state index in [0.29, 0.717) is 11.4 Å². The van der Waals surface area contributed by atoms with Gasteiger partial charge in [0, 0.05) is 0 Å². The summed E-state index contributed by atoms with van der Waals surface area (Å²) >= 11 is 0. The first kappa shape index (κ1) is 18.1. The fourth-order valence-electron chi connectivity index (χ4n) is 2.47. The standard InChI is InChI=1S/C17H22N2O4S/c1-12-7-8-13(2)16(10-12)19(24(4,21)22)14(3)17(20)18-11-15-6-5-9-23-15/h5-10,14H,11H2,1-4H3,(H,18,20). The number of benzene rings is 1. The van der Waals surface area contributed by atoms with Crippen molar-refractivity contribution in [3.05, 3.63) is 53.5 Å². The first-order chi connectivity index (χ1) is 11.2. The summed E-state index contributed by atoms with van der Waals surface area (Å²) in [6.45, 7) is 5.48. The van der Waals surface area contributed by atoms with Crippen LogP contribution in [-0.2, 0) is 21.4 Å². The predicted octanol–water partition coefficient (Wildman–Crippen LogP) is 2.37. The van der Waals surface area contributed by atoms with Gasteiger partial charge < -0.3 is 9.73 Å². The summed E-state index contributed by atoms with van der Waals surface area (Å²) in [4.78, 5) is 12.4. The molecule has 0 aliphatic rings. The molecule has 0 aliphatic heterocycles. The van der Waals surface area contributed by atoms with Crippen LogP contribution in [0.4, 0.5) is 5.69 Å². The molecule has 0 radical (unpaired) electrons. The lowest BCUT2D eigenvalue weighted by Gasteiger charge is -2.29. The van der Waals surface area contributed by atoms with Crippen molar-refractivity contribution in [3.8, 4) is 0 Å². The van der Waals surface area contributed by atoms with Crippen molar-refractivity contribution in [2.24, 2.45) is 0 Å². The Kier molecular flexibility index (Phi) is 5.33. The van der Waals surface area contributed by atoms with Gasteiger partial charge in [-0.25, -0.2) is 8.42 Å². The summed E-state index contributed by atoms with van der Waals surface area (Å²) < 4.78 is 30.9. The first-order valence-electron chi connectivity index (χ1n) is 7.57. The van der Waals surface area contributed by atoms with E-state index in [1.54, 1.807) is 25.1 Å². The van der Waals surface area contributed by atoms with E-state index < -0.39 is 22.0 Å². The lowest BCUT2D eigenvalue weighted by atomic mass is 10.1. The van der Waals surface area contributed by atoms with Gasteiger partial charge in [-0.05, 0) is 50.1 Å². The predicted molar refractivity (Wildman–Crippen MR) is 93.3 cm³/mol. The van der Waals surface area contributed by atoms with Crippen molar-refractivity contribution >= 4 is 21.6 Å². The first-order valence-corrected chi connectivity index (χ1v) is 9.41. The molecule has 1 aromatic carbocycles. The number of sulfonamides is 1. The van der Waals surface area contributed by atoms with Gasteiger partial charge in [-0.3, -0.25) is 9.10 Å². The molecule has 1 atom stereocenters. The third kappa shape index (κ3) is 4.17. The van der Waals surface area contributed by atoms with Crippen molar-refractivity contribution in [1.29, 1.82) is 0 Å². The summed E-state index contributed by atoms with van der Waals surface area (Å²) in [5.74, 6) is 0.214. The van der Waals surface area contributed by atoms with E-state index in [2.05, 4.69) is 5.32 Å². The molecule has 1 aromatic heterocycles. The maximum Gasteiger partial charge on any atom is 0.243 e. The number of amides is 1. The molecule has 2 aromatic rings. The van der Waals surface area contributed by atoms with Crippen LogP contribution in [0.25, 0.3) is 0 Å². The normalized spacial score (nSPS) is 12.7. The number of hydrogen-bond donors (Lipinski definition) is 1. The fraction of sp³-hybridized carbons (Fsp3) is 0.353. The minimum Gasteiger partial charge on any atom is -0.467 e. The van der Waals surface area contributed by atoms with E-state index in [-0.39, 0.29) is 6.54 Å². The van der Waals surface area contributed by atoms with Crippen molar-refractivity contribution < 1.29 is 17.6 Å². The number of aryl methyl sites for hydroxylation is 2. The molecule has 1 amide bonds. The summed E-state index contributed by atoms with van der Waals surface area (Å²) in [7, 11) is -3.62. The summed E-state index contributed by atoms with van der Waals surface area (Å²) in [6, 6.07) is 8.10. The number of nitrogens with zero attached hydrogens (tertiary/aromatic N) is 1. The van der Waals surface area contributed by atoms with E-state index in [4.69, 9.17) is 4.42 Å². The maximum absolute atomic E-state index is 12.4. The molecule has 1 heterocycles. The van der Waals surface area contributed by atoms with E-state index in [9.17, 15) is 13.2 Å². The van der Waals surface area contributed by atoms with Crippen LogP contribution in [0, 0.1) is 13.8 Å². The third-order valence-corrected chi connectivity index (χ3v) is 4.94. The van der Waals surface area contributed by atoms with E-state index in [1.807, 2.05) is 26.0 Å². The Hall–Kier alpha value is -2.28. The molecule has 1 N–H and O–H groups in total. The number of anilines is 1. The van der Waals surface area contributed by atoms with Crippen LogP contribution < -0.4 is 9.62 Å². The lowest BCUT2D eigenvalue weighted by Crippen LogP contribution is -2.48. The molecule has 130 valence electrons. The van der Waals surface area contributed by atoms with E-state index in [1.165, 1.54) is 6.26 Å². The molecule has 2 rings (SSSR count). The van der Waals surface area contributed by atoms with Gasteiger partial charge in [-0.15, -0.1) is 0 Å². The molecule has 1 unspecified atom stereocenters. The van der Waals surface area contributed by atoms with Crippen LogP contribution in [0.5, 0.6) is 0 Å². The fourth-order valence-corrected chi connectivity index (χ4v) is 3.70. The Morgan fingerprint density at radius 1 is 1.29 bits per heavy atom. The van der Waals surface area contributed by atoms with Gasteiger partial charge in [-0.1, -0.05) is 12.1 Å². The average molecular weight is 350 g/mol. The minimum absolute atomic E-state index is 0.209. The summed E-state index contributed by atoms with van der Waals surface area (Å²) in [5, 5.41) is 2.70. The number of hydrogen-bond acceptors (Lipinski definition) is 4. The average Bonchev–Trinajstić information content (AvgIpc) is 3.00. The number of furan rings is 1. The van der Waals surface area contributed by atoms with Gasteiger partial charge in [0.05, 0.1) is 24.8 Å². The Balaban J connectivity index is 2.27. The van der Waals surface area contributed by atoms with Crippen molar-refractivity contribution in [2.45, 2.75) is 33.4 Å². The molecule has 6 nitrogen and oxygen atoms in total. The Morgan fingerprint density at radius 2 is 2.00 bits per heavy atom. The molecule has 0 aliphatic carbocycles. The van der Waals surface area contributed by atoms with Gasteiger partial charge in [-0.2, -0.15) is 0 Å². The zero-order valence-electron chi connectivity index (χ0n) is 14.2. The highest BCUT2D eigenvalue weighted by atomic mass is 32.2. The molecule has 7 heteroatoms. The Morgan fingerprint density at radius 3 is 2.58 bits per heavy atom. The number of carbonyl (C=O) groups is 1. The molecule has 0 spiro atoms. The van der Waals surface area contributed by atoms with Gasteiger partial charge in [0.25, 0.3) is 0 Å². The van der Waals surface area contributed by atoms with Gasteiger partial charge in [0.2, 0.25) is 15.9 Å². The molecule has 0 saturated carbocycles. The van der Waals surface area contributed by atoms with Gasteiger partial charge in [0.15, 0.2) is 0 Å². The number of carbonyl (C=O) groups excluding carboxylic acids is 1. The molecule has 0 saturated heterocycles. The minimum atomic E-state index is -3.62. The van der Waals surface area contributed by atoms with Crippen LogP contribution in [0.15, 0.2) is 41.0 Å². The highest BCUT2D eigenvalue weighted by Gasteiger charge is 2.30. The molecule has 0 fully saturated rings. The second-order valence-corrected chi connectivity index (χ2v) is 7.68. The van der Waals surface area contributed by atoms with E-state index >= 15 is 0 Å². The zero-order chi connectivity index (χ0) is 17.9.